The van der Waals surface area contributed by atoms with E-state index in [1.54, 1.807) is 0 Å². The molecule has 1 saturated heterocycles. The number of hydrogen-bond donors (Lipinski definition) is 2. The van der Waals surface area contributed by atoms with Crippen molar-refractivity contribution >= 4 is 5.91 Å². The van der Waals surface area contributed by atoms with Crippen molar-refractivity contribution < 1.29 is 4.79 Å². The van der Waals surface area contributed by atoms with Crippen LogP contribution in [0.4, 0.5) is 0 Å². The molecule has 2 rings (SSSR count). The summed E-state index contributed by atoms with van der Waals surface area (Å²) in [6, 6.07) is 0.946. The maximum atomic E-state index is 12.3. The molecule has 0 spiro atoms. The zero-order valence-electron chi connectivity index (χ0n) is 11.7. The van der Waals surface area contributed by atoms with Crippen LogP contribution in [-0.4, -0.2) is 49.1 Å². The van der Waals surface area contributed by atoms with E-state index in [2.05, 4.69) is 22.5 Å². The molecular weight excluding hydrogens is 226 g/mol. The Balaban J connectivity index is 2.08. The maximum absolute atomic E-state index is 12.3. The SMILES string of the molecule is CNCC1C(=O)NC(C)CCN1C1CCCCC1. The van der Waals surface area contributed by atoms with E-state index < -0.39 is 0 Å². The fourth-order valence-electron chi connectivity index (χ4n) is 3.31. The van der Waals surface area contributed by atoms with Crippen molar-refractivity contribution in [1.82, 2.24) is 15.5 Å². The Hall–Kier alpha value is -0.610. The van der Waals surface area contributed by atoms with E-state index in [0.29, 0.717) is 12.1 Å². The molecule has 1 heterocycles. The number of amides is 1. The standard InChI is InChI=1S/C14H27N3O/c1-11-8-9-17(12-6-4-3-5-7-12)13(10-15-2)14(18)16-11/h11-13,15H,3-10H2,1-2H3,(H,16,18). The summed E-state index contributed by atoms with van der Waals surface area (Å²) in [6.45, 7) is 3.92. The lowest BCUT2D eigenvalue weighted by Crippen LogP contribution is -2.53. The first-order valence-corrected chi connectivity index (χ1v) is 7.43. The summed E-state index contributed by atoms with van der Waals surface area (Å²) in [6.07, 6.45) is 7.62. The Morgan fingerprint density at radius 1 is 1.28 bits per heavy atom. The molecule has 1 saturated carbocycles. The lowest BCUT2D eigenvalue weighted by atomic mass is 9.93. The summed E-state index contributed by atoms with van der Waals surface area (Å²) < 4.78 is 0. The number of nitrogens with zero attached hydrogens (tertiary/aromatic N) is 1. The first kappa shape index (κ1) is 13.8. The van der Waals surface area contributed by atoms with Gasteiger partial charge in [0.2, 0.25) is 5.91 Å². The van der Waals surface area contributed by atoms with Crippen LogP contribution < -0.4 is 10.6 Å². The van der Waals surface area contributed by atoms with Gasteiger partial charge in [-0.15, -0.1) is 0 Å². The van der Waals surface area contributed by atoms with Crippen molar-refractivity contribution in [3.05, 3.63) is 0 Å². The van der Waals surface area contributed by atoms with Gasteiger partial charge in [-0.1, -0.05) is 19.3 Å². The third-order valence-electron chi connectivity index (χ3n) is 4.35. The van der Waals surface area contributed by atoms with E-state index in [0.717, 1.165) is 19.5 Å². The minimum absolute atomic E-state index is 0.0167. The highest BCUT2D eigenvalue weighted by Crippen LogP contribution is 2.25. The number of nitrogens with one attached hydrogen (secondary N) is 2. The van der Waals surface area contributed by atoms with Gasteiger partial charge >= 0.3 is 0 Å². The number of carbonyl (C=O) groups excluding carboxylic acids is 1. The van der Waals surface area contributed by atoms with E-state index in [1.807, 2.05) is 7.05 Å². The zero-order valence-corrected chi connectivity index (χ0v) is 11.7. The molecule has 104 valence electrons. The molecule has 0 aromatic heterocycles. The molecule has 0 aromatic carbocycles. The van der Waals surface area contributed by atoms with E-state index in [9.17, 15) is 4.79 Å². The Kier molecular flexibility index (Phi) is 5.01. The van der Waals surface area contributed by atoms with E-state index in [1.165, 1.54) is 32.1 Å². The smallest absolute Gasteiger partial charge is 0.238 e. The number of carbonyl (C=O) groups is 1. The Morgan fingerprint density at radius 3 is 2.67 bits per heavy atom. The fourth-order valence-corrected chi connectivity index (χ4v) is 3.31. The molecule has 1 amide bonds. The van der Waals surface area contributed by atoms with Crippen LogP contribution in [0.3, 0.4) is 0 Å². The summed E-state index contributed by atoms with van der Waals surface area (Å²) in [5, 5.41) is 6.30. The van der Waals surface area contributed by atoms with Crippen molar-refractivity contribution in [2.45, 2.75) is 63.6 Å². The van der Waals surface area contributed by atoms with Crippen molar-refractivity contribution in [2.75, 3.05) is 20.1 Å². The van der Waals surface area contributed by atoms with Gasteiger partial charge in [0, 0.05) is 25.2 Å². The number of rotatable bonds is 3. The predicted octanol–water partition coefficient (Wildman–Crippen LogP) is 1.12. The Bertz CT molecular complexity index is 276. The van der Waals surface area contributed by atoms with E-state index in [4.69, 9.17) is 0 Å². The largest absolute Gasteiger partial charge is 0.352 e. The number of hydrogen-bond acceptors (Lipinski definition) is 3. The zero-order chi connectivity index (χ0) is 13.0. The van der Waals surface area contributed by atoms with Crippen LogP contribution >= 0.6 is 0 Å². The molecule has 1 aliphatic heterocycles. The van der Waals surface area contributed by atoms with Gasteiger partial charge < -0.3 is 10.6 Å². The van der Waals surface area contributed by atoms with Crippen molar-refractivity contribution in [1.29, 1.82) is 0 Å². The van der Waals surface area contributed by atoms with Gasteiger partial charge in [0.15, 0.2) is 0 Å². The first-order valence-electron chi connectivity index (χ1n) is 7.43. The summed E-state index contributed by atoms with van der Waals surface area (Å²) in [5.41, 5.74) is 0. The van der Waals surface area contributed by atoms with Crippen LogP contribution in [0.25, 0.3) is 0 Å². The average Bonchev–Trinajstić information content (AvgIpc) is 2.51. The van der Waals surface area contributed by atoms with Gasteiger partial charge in [-0.3, -0.25) is 9.69 Å². The quantitative estimate of drug-likeness (QED) is 0.792. The molecule has 2 unspecified atom stereocenters. The fraction of sp³-hybridized carbons (Fsp3) is 0.929. The van der Waals surface area contributed by atoms with Crippen LogP contribution in [0.2, 0.25) is 0 Å². The summed E-state index contributed by atoms with van der Waals surface area (Å²) >= 11 is 0. The topological polar surface area (TPSA) is 44.4 Å². The second-order valence-corrected chi connectivity index (χ2v) is 5.80. The minimum atomic E-state index is 0.0167. The molecule has 0 aromatic rings. The highest BCUT2D eigenvalue weighted by Gasteiger charge is 2.34. The third-order valence-corrected chi connectivity index (χ3v) is 4.35. The summed E-state index contributed by atoms with van der Waals surface area (Å²) in [4.78, 5) is 14.7. The van der Waals surface area contributed by atoms with Gasteiger partial charge in [-0.25, -0.2) is 0 Å². The Labute approximate surface area is 110 Å². The molecular formula is C14H27N3O. The summed E-state index contributed by atoms with van der Waals surface area (Å²) in [5.74, 6) is 0.208. The second kappa shape index (κ2) is 6.53. The molecule has 0 bridgehead atoms. The van der Waals surface area contributed by atoms with Gasteiger partial charge in [0.1, 0.15) is 6.04 Å². The normalized spacial score (nSPS) is 32.0. The number of likely N-dealkylation sites (N-methyl/N-ethyl adjacent to an activating group) is 1. The highest BCUT2D eigenvalue weighted by molar-refractivity contribution is 5.82. The monoisotopic (exact) mass is 253 g/mol. The van der Waals surface area contributed by atoms with Crippen molar-refractivity contribution in [3.8, 4) is 0 Å². The van der Waals surface area contributed by atoms with Crippen molar-refractivity contribution in [2.24, 2.45) is 0 Å². The maximum Gasteiger partial charge on any atom is 0.238 e. The predicted molar refractivity (Wildman–Crippen MR) is 73.5 cm³/mol. The molecule has 2 atom stereocenters. The first-order chi connectivity index (χ1) is 8.72. The second-order valence-electron chi connectivity index (χ2n) is 5.80. The van der Waals surface area contributed by atoms with Gasteiger partial charge in [0.05, 0.1) is 0 Å². The minimum Gasteiger partial charge on any atom is -0.352 e. The molecule has 2 N–H and O–H groups in total. The van der Waals surface area contributed by atoms with Gasteiger partial charge in [-0.05, 0) is 33.2 Å². The van der Waals surface area contributed by atoms with Gasteiger partial charge in [-0.2, -0.15) is 0 Å². The van der Waals surface area contributed by atoms with Crippen LogP contribution in [0.15, 0.2) is 0 Å². The van der Waals surface area contributed by atoms with Crippen LogP contribution in [0.5, 0.6) is 0 Å². The van der Waals surface area contributed by atoms with Crippen molar-refractivity contribution in [3.63, 3.8) is 0 Å². The lowest BCUT2D eigenvalue weighted by Gasteiger charge is -2.37. The van der Waals surface area contributed by atoms with Crippen LogP contribution in [-0.2, 0) is 4.79 Å². The molecule has 4 heteroatoms. The molecule has 18 heavy (non-hydrogen) atoms. The third kappa shape index (κ3) is 3.23. The van der Waals surface area contributed by atoms with Gasteiger partial charge in [0.25, 0.3) is 0 Å². The van der Waals surface area contributed by atoms with E-state index >= 15 is 0 Å². The lowest BCUT2D eigenvalue weighted by molar-refractivity contribution is -0.126. The average molecular weight is 253 g/mol. The summed E-state index contributed by atoms with van der Waals surface area (Å²) in [7, 11) is 1.93. The molecule has 4 nitrogen and oxygen atoms in total. The molecule has 2 fully saturated rings. The highest BCUT2D eigenvalue weighted by atomic mass is 16.2. The molecule has 0 radical (unpaired) electrons. The molecule has 1 aliphatic carbocycles. The van der Waals surface area contributed by atoms with Crippen LogP contribution in [0.1, 0.15) is 45.4 Å². The Morgan fingerprint density at radius 2 is 2.00 bits per heavy atom. The van der Waals surface area contributed by atoms with E-state index in [-0.39, 0.29) is 11.9 Å². The molecule has 2 aliphatic rings. The van der Waals surface area contributed by atoms with Crippen LogP contribution in [0, 0.1) is 0 Å².